The summed E-state index contributed by atoms with van der Waals surface area (Å²) in [7, 11) is 0. The molecular formula is C17H22N4O. The summed E-state index contributed by atoms with van der Waals surface area (Å²) < 4.78 is 0. The first kappa shape index (κ1) is 14.8. The quantitative estimate of drug-likeness (QED) is 0.910. The van der Waals surface area contributed by atoms with Crippen LogP contribution in [0.1, 0.15) is 48.9 Å². The lowest BCUT2D eigenvalue weighted by atomic mass is 9.96. The van der Waals surface area contributed by atoms with Gasteiger partial charge in [-0.25, -0.2) is 0 Å². The minimum atomic E-state index is -0.158. The van der Waals surface area contributed by atoms with Gasteiger partial charge < -0.3 is 5.32 Å². The Labute approximate surface area is 130 Å². The number of benzene rings is 1. The zero-order valence-corrected chi connectivity index (χ0v) is 12.9. The largest absolute Gasteiger partial charge is 0.352 e. The average molecular weight is 298 g/mol. The van der Waals surface area contributed by atoms with Crippen molar-refractivity contribution >= 4 is 5.95 Å². The van der Waals surface area contributed by atoms with Gasteiger partial charge in [-0.05, 0) is 25.3 Å². The van der Waals surface area contributed by atoms with Gasteiger partial charge in [-0.2, -0.15) is 0 Å². The van der Waals surface area contributed by atoms with E-state index in [9.17, 15) is 4.79 Å². The van der Waals surface area contributed by atoms with E-state index in [0.29, 0.717) is 24.1 Å². The third-order valence-corrected chi connectivity index (χ3v) is 4.20. The van der Waals surface area contributed by atoms with Crippen LogP contribution in [0.15, 0.2) is 29.1 Å². The van der Waals surface area contributed by atoms with Crippen LogP contribution in [0.2, 0.25) is 0 Å². The van der Waals surface area contributed by atoms with Gasteiger partial charge in [0.25, 0.3) is 5.56 Å². The van der Waals surface area contributed by atoms with Gasteiger partial charge >= 0.3 is 0 Å². The molecule has 1 aromatic carbocycles. The van der Waals surface area contributed by atoms with Gasteiger partial charge in [0.05, 0.1) is 0 Å². The standard InChI is InChI=1S/C17H22N4O/c1-12-7-9-13(10-8-12)11-15-16(22)19-17(21-20-15)18-14-5-3-2-4-6-14/h7-10,14H,2-6,11H2,1H3,(H2,18,19,21,22). The van der Waals surface area contributed by atoms with E-state index in [-0.39, 0.29) is 5.56 Å². The summed E-state index contributed by atoms with van der Waals surface area (Å²) in [4.78, 5) is 15.0. The maximum Gasteiger partial charge on any atom is 0.274 e. The normalized spacial score (nSPS) is 15.7. The first-order chi connectivity index (χ1) is 10.7. The molecule has 0 amide bonds. The first-order valence-electron chi connectivity index (χ1n) is 7.98. The number of aryl methyl sites for hydroxylation is 1. The molecule has 0 unspecified atom stereocenters. The molecule has 1 saturated carbocycles. The Morgan fingerprint density at radius 1 is 1.14 bits per heavy atom. The van der Waals surface area contributed by atoms with E-state index in [1.165, 1.54) is 24.8 Å². The molecule has 5 nitrogen and oxygen atoms in total. The molecular weight excluding hydrogens is 276 g/mol. The smallest absolute Gasteiger partial charge is 0.274 e. The summed E-state index contributed by atoms with van der Waals surface area (Å²) in [6.45, 7) is 2.04. The zero-order valence-electron chi connectivity index (χ0n) is 12.9. The Kier molecular flexibility index (Phi) is 4.51. The van der Waals surface area contributed by atoms with Crippen LogP contribution >= 0.6 is 0 Å². The van der Waals surface area contributed by atoms with Crippen molar-refractivity contribution in [1.82, 2.24) is 15.2 Å². The van der Waals surface area contributed by atoms with Crippen molar-refractivity contribution in [1.29, 1.82) is 0 Å². The number of hydrogen-bond donors (Lipinski definition) is 2. The highest BCUT2D eigenvalue weighted by molar-refractivity contribution is 5.27. The molecule has 2 aromatic rings. The lowest BCUT2D eigenvalue weighted by Gasteiger charge is -2.22. The number of anilines is 1. The summed E-state index contributed by atoms with van der Waals surface area (Å²) in [6, 6.07) is 8.52. The number of nitrogens with zero attached hydrogens (tertiary/aromatic N) is 2. The van der Waals surface area contributed by atoms with Gasteiger partial charge in [-0.3, -0.25) is 9.78 Å². The third-order valence-electron chi connectivity index (χ3n) is 4.20. The number of H-pyrrole nitrogens is 1. The molecule has 1 aliphatic carbocycles. The first-order valence-corrected chi connectivity index (χ1v) is 7.98. The Balaban J connectivity index is 1.69. The van der Waals surface area contributed by atoms with Crippen LogP contribution in [0.3, 0.4) is 0 Å². The number of aromatic amines is 1. The van der Waals surface area contributed by atoms with E-state index >= 15 is 0 Å². The molecule has 0 radical (unpaired) electrons. The summed E-state index contributed by atoms with van der Waals surface area (Å²) in [5.41, 5.74) is 2.57. The van der Waals surface area contributed by atoms with Crippen LogP contribution in [-0.2, 0) is 6.42 Å². The van der Waals surface area contributed by atoms with Gasteiger partial charge in [-0.1, -0.05) is 49.1 Å². The second kappa shape index (κ2) is 6.73. The molecule has 5 heteroatoms. The molecule has 1 heterocycles. The summed E-state index contributed by atoms with van der Waals surface area (Å²) in [6.07, 6.45) is 6.55. The molecule has 22 heavy (non-hydrogen) atoms. The molecule has 1 fully saturated rings. The Bertz CT molecular complexity index is 672. The SMILES string of the molecule is Cc1ccc(Cc2nnc(NC3CCCCC3)[nH]c2=O)cc1. The second-order valence-corrected chi connectivity index (χ2v) is 6.09. The van der Waals surface area contributed by atoms with E-state index < -0.39 is 0 Å². The van der Waals surface area contributed by atoms with Crippen molar-refractivity contribution in [2.75, 3.05) is 5.32 Å². The lowest BCUT2D eigenvalue weighted by Crippen LogP contribution is -2.27. The molecule has 0 aliphatic heterocycles. The minimum Gasteiger partial charge on any atom is -0.352 e. The van der Waals surface area contributed by atoms with Gasteiger partial charge in [0, 0.05) is 12.5 Å². The van der Waals surface area contributed by atoms with E-state index in [0.717, 1.165) is 18.4 Å². The predicted molar refractivity (Wildman–Crippen MR) is 87.1 cm³/mol. The number of aromatic nitrogens is 3. The van der Waals surface area contributed by atoms with Gasteiger partial charge in [0.15, 0.2) is 0 Å². The fourth-order valence-corrected chi connectivity index (χ4v) is 2.88. The Morgan fingerprint density at radius 2 is 1.86 bits per heavy atom. The molecule has 0 bridgehead atoms. The monoisotopic (exact) mass is 298 g/mol. The van der Waals surface area contributed by atoms with Crippen LogP contribution in [-0.4, -0.2) is 21.2 Å². The van der Waals surface area contributed by atoms with Gasteiger partial charge in [0.2, 0.25) is 5.95 Å². The molecule has 1 aromatic heterocycles. The van der Waals surface area contributed by atoms with Crippen LogP contribution in [0, 0.1) is 6.92 Å². The van der Waals surface area contributed by atoms with E-state index in [1.807, 2.05) is 31.2 Å². The zero-order chi connectivity index (χ0) is 15.4. The van der Waals surface area contributed by atoms with Crippen LogP contribution < -0.4 is 10.9 Å². The average Bonchev–Trinajstić information content (AvgIpc) is 2.53. The topological polar surface area (TPSA) is 70.7 Å². The van der Waals surface area contributed by atoms with Crippen molar-refractivity contribution in [3.05, 3.63) is 51.4 Å². The van der Waals surface area contributed by atoms with Crippen molar-refractivity contribution in [2.45, 2.75) is 51.5 Å². The molecule has 0 spiro atoms. The van der Waals surface area contributed by atoms with Crippen LogP contribution in [0.25, 0.3) is 0 Å². The maximum atomic E-state index is 12.2. The fourth-order valence-electron chi connectivity index (χ4n) is 2.88. The summed E-state index contributed by atoms with van der Waals surface area (Å²) >= 11 is 0. The molecule has 116 valence electrons. The minimum absolute atomic E-state index is 0.158. The number of nitrogens with one attached hydrogen (secondary N) is 2. The molecule has 0 saturated heterocycles. The molecule has 1 aliphatic rings. The van der Waals surface area contributed by atoms with Gasteiger partial charge in [0.1, 0.15) is 5.69 Å². The summed E-state index contributed by atoms with van der Waals surface area (Å²) in [5, 5.41) is 11.5. The predicted octanol–water partition coefficient (Wildman–Crippen LogP) is 2.81. The maximum absolute atomic E-state index is 12.2. The van der Waals surface area contributed by atoms with E-state index in [1.54, 1.807) is 0 Å². The van der Waals surface area contributed by atoms with E-state index in [4.69, 9.17) is 0 Å². The highest BCUT2D eigenvalue weighted by atomic mass is 16.1. The lowest BCUT2D eigenvalue weighted by molar-refractivity contribution is 0.460. The van der Waals surface area contributed by atoms with Gasteiger partial charge in [-0.15, -0.1) is 10.2 Å². The van der Waals surface area contributed by atoms with Crippen molar-refractivity contribution in [3.8, 4) is 0 Å². The van der Waals surface area contributed by atoms with Crippen LogP contribution in [0.4, 0.5) is 5.95 Å². The van der Waals surface area contributed by atoms with Crippen molar-refractivity contribution in [3.63, 3.8) is 0 Å². The molecule has 0 atom stereocenters. The Hall–Kier alpha value is -2.17. The van der Waals surface area contributed by atoms with Crippen LogP contribution in [0.5, 0.6) is 0 Å². The van der Waals surface area contributed by atoms with Crippen molar-refractivity contribution < 1.29 is 0 Å². The molecule has 2 N–H and O–H groups in total. The summed E-state index contributed by atoms with van der Waals surface area (Å²) in [5.74, 6) is 0.490. The fraction of sp³-hybridized carbons (Fsp3) is 0.471. The number of rotatable bonds is 4. The third kappa shape index (κ3) is 3.72. The van der Waals surface area contributed by atoms with E-state index in [2.05, 4.69) is 20.5 Å². The number of hydrogen-bond acceptors (Lipinski definition) is 4. The highest BCUT2D eigenvalue weighted by Crippen LogP contribution is 2.19. The Morgan fingerprint density at radius 3 is 2.55 bits per heavy atom. The van der Waals surface area contributed by atoms with Crippen molar-refractivity contribution in [2.24, 2.45) is 0 Å². The molecule has 3 rings (SSSR count). The highest BCUT2D eigenvalue weighted by Gasteiger charge is 2.14. The second-order valence-electron chi connectivity index (χ2n) is 6.09.